The highest BCUT2D eigenvalue weighted by Crippen LogP contribution is 2.38. The maximum atomic E-state index is 13.6. The number of fused-ring (bicyclic) bond motifs is 1. The number of nitrogens with one attached hydrogen (secondary N) is 2. The molecule has 3 aliphatic rings. The third-order valence-corrected chi connectivity index (χ3v) is 7.86. The Kier molecular flexibility index (Phi) is 9.32. The molecule has 11 nitrogen and oxygen atoms in total. The first kappa shape index (κ1) is 28.7. The van der Waals surface area contributed by atoms with Crippen LogP contribution in [0.5, 0.6) is 11.5 Å². The Bertz CT molecular complexity index is 1070. The number of nitrogens with zero attached hydrogens (tertiary/aromatic N) is 2. The Morgan fingerprint density at radius 1 is 1.03 bits per heavy atom. The van der Waals surface area contributed by atoms with Gasteiger partial charge in [0.1, 0.15) is 0 Å². The fraction of sp³-hybridized carbons (Fsp3) is 0.643. The van der Waals surface area contributed by atoms with Crippen LogP contribution in [0.4, 0.5) is 0 Å². The Balaban J connectivity index is 1.52. The van der Waals surface area contributed by atoms with E-state index in [2.05, 4.69) is 10.6 Å². The molecule has 0 spiro atoms. The minimum Gasteiger partial charge on any atom is -0.493 e. The van der Waals surface area contributed by atoms with Gasteiger partial charge >= 0.3 is 0 Å². The fourth-order valence-corrected chi connectivity index (χ4v) is 5.82. The zero-order valence-electron chi connectivity index (χ0n) is 23.2. The third-order valence-electron chi connectivity index (χ3n) is 7.86. The van der Waals surface area contributed by atoms with Gasteiger partial charge in [-0.2, -0.15) is 0 Å². The monoisotopic (exact) mass is 544 g/mol. The molecule has 0 saturated carbocycles. The van der Waals surface area contributed by atoms with Crippen LogP contribution in [0, 0.1) is 23.7 Å². The molecule has 1 aromatic rings. The quantitative estimate of drug-likeness (QED) is 0.498. The minimum atomic E-state index is -0.522. The molecule has 3 heterocycles. The van der Waals surface area contributed by atoms with E-state index in [1.807, 2.05) is 13.8 Å². The molecule has 3 aliphatic heterocycles. The number of likely N-dealkylation sites (tertiary alicyclic amines) is 2. The first-order chi connectivity index (χ1) is 18.7. The summed E-state index contributed by atoms with van der Waals surface area (Å²) >= 11 is 0. The first-order valence-electron chi connectivity index (χ1n) is 13.7. The Morgan fingerprint density at radius 3 is 2.41 bits per heavy atom. The van der Waals surface area contributed by atoms with Gasteiger partial charge in [-0.15, -0.1) is 0 Å². The normalized spacial score (nSPS) is 23.3. The van der Waals surface area contributed by atoms with Gasteiger partial charge in [-0.05, 0) is 56.7 Å². The van der Waals surface area contributed by atoms with E-state index in [0.717, 1.165) is 0 Å². The van der Waals surface area contributed by atoms with Crippen LogP contribution in [0.3, 0.4) is 0 Å². The highest BCUT2D eigenvalue weighted by atomic mass is 16.5. The summed E-state index contributed by atoms with van der Waals surface area (Å²) in [5.41, 5.74) is 0.470. The van der Waals surface area contributed by atoms with Crippen LogP contribution in [0.1, 0.15) is 37.0 Å². The lowest BCUT2D eigenvalue weighted by atomic mass is 9.78. The Morgan fingerprint density at radius 2 is 1.74 bits per heavy atom. The van der Waals surface area contributed by atoms with E-state index in [-0.39, 0.29) is 60.6 Å². The number of piperidine rings is 1. The molecular formula is C28H40N4O7. The molecule has 39 heavy (non-hydrogen) atoms. The zero-order valence-corrected chi connectivity index (χ0v) is 23.2. The van der Waals surface area contributed by atoms with E-state index < -0.39 is 5.92 Å². The number of hydrogen-bond acceptors (Lipinski definition) is 7. The molecule has 214 valence electrons. The molecule has 4 rings (SSSR count). The lowest BCUT2D eigenvalue weighted by Gasteiger charge is -2.41. The summed E-state index contributed by atoms with van der Waals surface area (Å²) in [4.78, 5) is 55.6. The second-order valence-corrected chi connectivity index (χ2v) is 10.8. The predicted octanol–water partition coefficient (Wildman–Crippen LogP) is 0.918. The molecule has 4 amide bonds. The van der Waals surface area contributed by atoms with Crippen LogP contribution in [-0.2, 0) is 19.1 Å². The number of amides is 4. The summed E-state index contributed by atoms with van der Waals surface area (Å²) in [6.07, 6.45) is 1.29. The van der Waals surface area contributed by atoms with Crippen molar-refractivity contribution in [2.75, 3.05) is 60.1 Å². The van der Waals surface area contributed by atoms with Gasteiger partial charge < -0.3 is 34.6 Å². The standard InChI is InChI=1S/C28H40N4O7/c1-17(2)39-23-6-5-19(11-24(23)37-4)28(36)31-13-20-14-32(27(35)18-7-9-38-10-8-18)16-22(21(20)15-31)26(34)30-12-25(33)29-3/h5-6,11,17-18,20-22H,7-10,12-16H2,1-4H3,(H,29,33)(H,30,34). The molecular weight excluding hydrogens is 504 g/mol. The third kappa shape index (κ3) is 6.63. The van der Waals surface area contributed by atoms with Gasteiger partial charge in [-0.3, -0.25) is 19.2 Å². The van der Waals surface area contributed by atoms with E-state index in [4.69, 9.17) is 14.2 Å². The van der Waals surface area contributed by atoms with Crippen molar-refractivity contribution in [2.45, 2.75) is 32.8 Å². The van der Waals surface area contributed by atoms with Gasteiger partial charge in [-0.25, -0.2) is 0 Å². The molecule has 3 unspecified atom stereocenters. The van der Waals surface area contributed by atoms with Crippen LogP contribution >= 0.6 is 0 Å². The maximum absolute atomic E-state index is 13.6. The first-order valence-corrected chi connectivity index (χ1v) is 13.7. The van der Waals surface area contributed by atoms with Crippen molar-refractivity contribution in [3.05, 3.63) is 23.8 Å². The summed E-state index contributed by atoms with van der Waals surface area (Å²) in [6, 6.07) is 5.13. The number of rotatable bonds is 8. The molecule has 2 N–H and O–H groups in total. The summed E-state index contributed by atoms with van der Waals surface area (Å²) in [5, 5.41) is 5.23. The van der Waals surface area contributed by atoms with Crippen molar-refractivity contribution >= 4 is 23.6 Å². The number of carbonyl (C=O) groups excluding carboxylic acids is 4. The molecule has 11 heteroatoms. The van der Waals surface area contributed by atoms with Gasteiger partial charge in [-0.1, -0.05) is 0 Å². The second-order valence-electron chi connectivity index (χ2n) is 10.8. The van der Waals surface area contributed by atoms with Crippen molar-refractivity contribution in [3.8, 4) is 11.5 Å². The van der Waals surface area contributed by atoms with Gasteiger partial charge in [0, 0.05) is 57.9 Å². The summed E-state index contributed by atoms with van der Waals surface area (Å²) in [6.45, 7) is 6.41. The number of methoxy groups -OCH3 is 1. The van der Waals surface area contributed by atoms with Gasteiger partial charge in [0.2, 0.25) is 17.7 Å². The SMILES string of the molecule is CNC(=O)CNC(=O)C1CN(C(=O)C2CCOCC2)CC2CN(C(=O)c3ccc(OC(C)C)c(OC)c3)CC21. The number of ether oxygens (including phenoxy) is 3. The van der Waals surface area contributed by atoms with Crippen molar-refractivity contribution in [2.24, 2.45) is 23.7 Å². The summed E-state index contributed by atoms with van der Waals surface area (Å²) in [7, 11) is 3.05. The molecule has 3 atom stereocenters. The highest BCUT2D eigenvalue weighted by Gasteiger charge is 2.48. The number of benzene rings is 1. The van der Waals surface area contributed by atoms with Gasteiger partial charge in [0.25, 0.3) is 5.91 Å². The van der Waals surface area contributed by atoms with E-state index in [0.29, 0.717) is 62.8 Å². The van der Waals surface area contributed by atoms with Crippen molar-refractivity contribution < 1.29 is 33.4 Å². The van der Waals surface area contributed by atoms with Crippen LogP contribution in [-0.4, -0.2) is 99.6 Å². The zero-order chi connectivity index (χ0) is 28.1. The fourth-order valence-electron chi connectivity index (χ4n) is 5.82. The number of hydrogen-bond donors (Lipinski definition) is 2. The van der Waals surface area contributed by atoms with Gasteiger partial charge in [0.15, 0.2) is 11.5 Å². The van der Waals surface area contributed by atoms with E-state index in [1.165, 1.54) is 14.2 Å². The molecule has 3 fully saturated rings. The van der Waals surface area contributed by atoms with E-state index in [9.17, 15) is 19.2 Å². The highest BCUT2D eigenvalue weighted by molar-refractivity contribution is 5.95. The number of carbonyl (C=O) groups is 4. The number of likely N-dealkylation sites (N-methyl/N-ethyl adjacent to an activating group) is 1. The van der Waals surface area contributed by atoms with Crippen LogP contribution in [0.2, 0.25) is 0 Å². The lowest BCUT2D eigenvalue weighted by molar-refractivity contribution is -0.145. The predicted molar refractivity (Wildman–Crippen MR) is 142 cm³/mol. The molecule has 0 radical (unpaired) electrons. The minimum absolute atomic E-state index is 0.0381. The van der Waals surface area contributed by atoms with Crippen LogP contribution in [0.15, 0.2) is 18.2 Å². The average molecular weight is 545 g/mol. The second kappa shape index (κ2) is 12.7. The molecule has 0 bridgehead atoms. The smallest absolute Gasteiger partial charge is 0.254 e. The van der Waals surface area contributed by atoms with Crippen molar-refractivity contribution in [3.63, 3.8) is 0 Å². The van der Waals surface area contributed by atoms with E-state index in [1.54, 1.807) is 28.0 Å². The van der Waals surface area contributed by atoms with Crippen LogP contribution < -0.4 is 20.1 Å². The molecule has 3 saturated heterocycles. The molecule has 1 aromatic carbocycles. The van der Waals surface area contributed by atoms with Crippen LogP contribution in [0.25, 0.3) is 0 Å². The van der Waals surface area contributed by atoms with Gasteiger partial charge in [0.05, 0.1) is 25.7 Å². The molecule has 0 aliphatic carbocycles. The summed E-state index contributed by atoms with van der Waals surface area (Å²) in [5.74, 6) is -0.469. The van der Waals surface area contributed by atoms with E-state index >= 15 is 0 Å². The largest absolute Gasteiger partial charge is 0.493 e. The lowest BCUT2D eigenvalue weighted by Crippen LogP contribution is -2.55. The maximum Gasteiger partial charge on any atom is 0.254 e. The topological polar surface area (TPSA) is 127 Å². The van der Waals surface area contributed by atoms with Crippen molar-refractivity contribution in [1.82, 2.24) is 20.4 Å². The average Bonchev–Trinajstić information content (AvgIpc) is 3.39. The summed E-state index contributed by atoms with van der Waals surface area (Å²) < 4.78 is 16.7. The van der Waals surface area contributed by atoms with Crippen molar-refractivity contribution in [1.29, 1.82) is 0 Å². The molecule has 0 aromatic heterocycles. The Hall–Kier alpha value is -3.34. The Labute approximate surface area is 229 Å².